The highest BCUT2D eigenvalue weighted by Crippen LogP contribution is 2.52. The molecule has 0 radical (unpaired) electrons. The molecule has 0 atom stereocenters. The van der Waals surface area contributed by atoms with Crippen LogP contribution in [0.25, 0.3) is 324 Å². The minimum absolute atomic E-state index is 1.10. The first-order valence-electron chi connectivity index (χ1n) is 45.0. The topological polar surface area (TPSA) is 0 Å². The molecule has 632 valence electrons. The molecule has 0 bridgehead atoms. The standard InChI is InChI=1S/3C30H14S4.C30H15S4/c1-3-31-25-13-23-21-7-17-5-20-12-30-22(24-14-26-16(2-4-32-26)10-28(24)34-30)8-18(20)6-19(17)11-29(21)33-27(23)9-15(1)25;1-3-31-25-13-29-21(7-15(1)25)23-9-17-5-20-12-28-24(10-18(20)6-19(17)11-27(23)33-29)22-8-16-2-4-32-26(16)14-30(22)34-28;1-2-19-18(3-4-20-22-10-16-5-7-32-26(16)14-29(22)34-30(19)20)21-12-27-23(9-15(1)21)24-11-17-6-8-31-25(17)13-28(24)33-27;1-2-19-18(3-4-20-23-13-25-17(6-8-31-25)11-28(23)34-30(19)20)21-12-29-22(9-15(1)21)24-14-26-16(5-7-32-26)10-27(24)33-29/h3*1-14H;1-6,8-14H,7H2/q;;;+1. The second kappa shape index (κ2) is 28.9. The smallest absolute Gasteiger partial charge is 0.144 e. The molecule has 136 heavy (non-hydrogen) atoms. The van der Waals surface area contributed by atoms with Gasteiger partial charge in [0.05, 0.1) is 0 Å². The fourth-order valence-electron chi connectivity index (χ4n) is 22.1. The minimum atomic E-state index is 1.10. The maximum absolute atomic E-state index is 2.44. The van der Waals surface area contributed by atoms with Crippen molar-refractivity contribution in [3.05, 3.63) is 333 Å². The van der Waals surface area contributed by atoms with Crippen LogP contribution >= 0.6 is 170 Å². The molecule has 16 heteroatoms. The lowest BCUT2D eigenvalue weighted by Gasteiger charge is -2.06. The van der Waals surface area contributed by atoms with Crippen LogP contribution in [0.15, 0.2) is 323 Å². The molecule has 0 saturated heterocycles. The number of benzene rings is 20. The maximum atomic E-state index is 2.44. The van der Waals surface area contributed by atoms with Gasteiger partial charge in [0, 0.05) is 216 Å². The lowest BCUT2D eigenvalue weighted by Crippen LogP contribution is -1.97. The lowest BCUT2D eigenvalue weighted by molar-refractivity contribution is 1.67. The van der Waals surface area contributed by atoms with Crippen LogP contribution in [0.4, 0.5) is 0 Å². The van der Waals surface area contributed by atoms with Gasteiger partial charge in [0.2, 0.25) is 4.51 Å². The number of hydrogen-bond acceptors (Lipinski definition) is 15. The van der Waals surface area contributed by atoms with Gasteiger partial charge in [-0.2, -0.15) is 0 Å². The Kier molecular flexibility index (Phi) is 16.4. The SMILES string of the molecule is C1=c2cc3sc4cc5c(ccc6c5ccc5c7cc8sccc8cc7sc56)cc4c3cc2=[S+]C1.c1cc2cc3c(cc2s1)sc1cc2c(ccc4c2ccc2c5cc6ccsc6cc5sc24)cc13.c1cc2cc3c(cc2s1)sc1cc2cc4cc5c(cc4cc2cc13)sc1cc2sccc2cc15.c1cc2cc3sc4cc5cc6cc7c(cc6cc5cc4c3cc2s1)sc1cc2ccsc2cc17. The van der Waals surface area contributed by atoms with E-state index in [0.29, 0.717) is 0 Å². The largest absolute Gasteiger partial charge is 0.232 e. The zero-order valence-corrected chi connectivity index (χ0v) is 84.1. The average molecular weight is 2010 g/mol. The van der Waals surface area contributed by atoms with E-state index in [0.717, 1.165) is 5.75 Å². The van der Waals surface area contributed by atoms with Crippen molar-refractivity contribution in [2.45, 2.75) is 0 Å². The molecule has 15 aromatic heterocycles. The summed E-state index contributed by atoms with van der Waals surface area (Å²) in [7, 11) is 0. The highest BCUT2D eigenvalue weighted by Gasteiger charge is 2.23. The molecule has 0 amide bonds. The van der Waals surface area contributed by atoms with Gasteiger partial charge < -0.3 is 0 Å². The molecule has 0 fully saturated rings. The summed E-state index contributed by atoms with van der Waals surface area (Å²) in [5, 5.41) is 69.8. The highest BCUT2D eigenvalue weighted by atomic mass is 32.2. The van der Waals surface area contributed by atoms with E-state index in [1.165, 1.54) is 328 Å². The zero-order chi connectivity index (χ0) is 87.9. The lowest BCUT2D eigenvalue weighted by atomic mass is 9.98. The van der Waals surface area contributed by atoms with Crippen molar-refractivity contribution in [2.24, 2.45) is 0 Å². The first-order valence-corrected chi connectivity index (χ1v) is 58.7. The van der Waals surface area contributed by atoms with E-state index in [9.17, 15) is 0 Å². The van der Waals surface area contributed by atoms with E-state index in [1.54, 1.807) is 0 Å². The van der Waals surface area contributed by atoms with E-state index < -0.39 is 0 Å². The minimum Gasteiger partial charge on any atom is -0.144 e. The molecule has 20 aromatic carbocycles. The van der Waals surface area contributed by atoms with Gasteiger partial charge in [-0.15, -0.1) is 170 Å². The quantitative estimate of drug-likeness (QED) is 0.0614. The number of fused-ring (bicyclic) bond motifs is 44. The van der Waals surface area contributed by atoms with Crippen LogP contribution in [-0.2, 0) is 11.4 Å². The van der Waals surface area contributed by atoms with Gasteiger partial charge in [0.1, 0.15) is 0 Å². The molecule has 0 aliphatic carbocycles. The Morgan fingerprint density at radius 3 is 0.706 bits per heavy atom. The molecule has 35 aromatic rings. The predicted octanol–water partition coefficient (Wildman–Crippen LogP) is 42.5. The van der Waals surface area contributed by atoms with Crippen LogP contribution in [0.2, 0.25) is 0 Å². The fourth-order valence-corrected chi connectivity index (χ4v) is 38.5. The van der Waals surface area contributed by atoms with Gasteiger partial charge in [-0.3, -0.25) is 0 Å². The van der Waals surface area contributed by atoms with Gasteiger partial charge in [0.25, 0.3) is 0 Å². The highest BCUT2D eigenvalue weighted by molar-refractivity contribution is 7.70. The van der Waals surface area contributed by atoms with Crippen molar-refractivity contribution in [3.8, 4) is 0 Å². The van der Waals surface area contributed by atoms with E-state index in [-0.39, 0.29) is 0 Å². The summed E-state index contributed by atoms with van der Waals surface area (Å²) in [6.07, 6.45) is 2.35. The van der Waals surface area contributed by atoms with Crippen LogP contribution in [0, 0.1) is 4.51 Å². The molecule has 0 nitrogen and oxygen atoms in total. The Labute approximate surface area is 834 Å². The van der Waals surface area contributed by atoms with Crippen molar-refractivity contribution < 1.29 is 0 Å². The van der Waals surface area contributed by atoms with Crippen LogP contribution in [0.3, 0.4) is 0 Å². The van der Waals surface area contributed by atoms with E-state index in [2.05, 4.69) is 329 Å². The van der Waals surface area contributed by atoms with Gasteiger partial charge in [-0.05, 0) is 387 Å². The average Bonchev–Trinajstić information content (AvgIpc) is 1.55. The molecule has 1 aliphatic rings. The molecular weight excluding hydrogens is 1950 g/mol. The summed E-state index contributed by atoms with van der Waals surface area (Å²) in [4.78, 5) is 0. The van der Waals surface area contributed by atoms with Crippen molar-refractivity contribution in [1.29, 1.82) is 0 Å². The Hall–Kier alpha value is -12.0. The Bertz CT molecular complexity index is 11000. The van der Waals surface area contributed by atoms with E-state index >= 15 is 0 Å². The van der Waals surface area contributed by atoms with Crippen LogP contribution in [0.1, 0.15) is 0 Å². The summed E-state index contributed by atoms with van der Waals surface area (Å²) >= 11 is 30.2. The maximum Gasteiger partial charge on any atom is 0.232 e. The summed E-state index contributed by atoms with van der Waals surface area (Å²) < 4.78 is 33.2. The summed E-state index contributed by atoms with van der Waals surface area (Å²) in [6.45, 7) is 0. The van der Waals surface area contributed by atoms with Crippen LogP contribution < -0.4 is 5.22 Å². The van der Waals surface area contributed by atoms with Crippen LogP contribution in [0.5, 0.6) is 0 Å². The third kappa shape index (κ3) is 11.6. The molecule has 1 aliphatic heterocycles. The Balaban J connectivity index is 0.0000000814. The van der Waals surface area contributed by atoms with Gasteiger partial charge in [-0.1, -0.05) is 48.5 Å². The molecule has 36 rings (SSSR count). The van der Waals surface area contributed by atoms with Crippen LogP contribution in [-0.4, -0.2) is 5.75 Å². The number of hydrogen-bond donors (Lipinski definition) is 0. The third-order valence-electron chi connectivity index (χ3n) is 28.7. The normalized spacial score (nSPS) is 12.9. The van der Waals surface area contributed by atoms with Gasteiger partial charge >= 0.3 is 0 Å². The van der Waals surface area contributed by atoms with E-state index in [1.807, 2.05) is 181 Å². The molecular formula is C120H57S16+. The monoisotopic (exact) mass is 2010 g/mol. The Morgan fingerprint density at radius 1 is 0.140 bits per heavy atom. The molecule has 0 N–H and O–H groups in total. The first-order chi connectivity index (χ1) is 67.1. The summed E-state index contributed by atoms with van der Waals surface area (Å²) in [6, 6.07) is 111. The molecule has 0 unspecified atom stereocenters. The summed E-state index contributed by atoms with van der Waals surface area (Å²) in [5.41, 5.74) is 0. The van der Waals surface area contributed by atoms with Crippen molar-refractivity contribution >= 4 is 506 Å². The van der Waals surface area contributed by atoms with Gasteiger partial charge in [-0.25, -0.2) is 0 Å². The fraction of sp³-hybridized carbons (Fsp3) is 0.00833. The summed E-state index contributed by atoms with van der Waals surface area (Å²) in [5.74, 6) is 1.10. The molecule has 0 spiro atoms. The van der Waals surface area contributed by atoms with Crippen molar-refractivity contribution in [2.75, 3.05) is 5.75 Å². The van der Waals surface area contributed by atoms with Crippen molar-refractivity contribution in [1.82, 2.24) is 0 Å². The van der Waals surface area contributed by atoms with E-state index in [4.69, 9.17) is 0 Å². The molecule has 0 saturated carbocycles. The number of thiophene rings is 15. The zero-order valence-electron chi connectivity index (χ0n) is 71.0. The third-order valence-corrected chi connectivity index (χ3v) is 45.0. The second-order valence-corrected chi connectivity index (χ2v) is 52.5. The second-order valence-electron chi connectivity index (χ2n) is 36.2. The first kappa shape index (κ1) is 77.1. The molecule has 16 heterocycles. The Morgan fingerprint density at radius 2 is 0.353 bits per heavy atom. The van der Waals surface area contributed by atoms with Crippen molar-refractivity contribution in [3.63, 3.8) is 0 Å². The predicted molar refractivity (Wildman–Crippen MR) is 632 cm³/mol. The van der Waals surface area contributed by atoms with Gasteiger partial charge in [0.15, 0.2) is 17.1 Å². The number of rotatable bonds is 0.